The van der Waals surface area contributed by atoms with Gasteiger partial charge in [-0.1, -0.05) is 109 Å². The van der Waals surface area contributed by atoms with Crippen molar-refractivity contribution < 1.29 is 14.5 Å². The topological polar surface area (TPSA) is 54.4 Å². The van der Waals surface area contributed by atoms with Gasteiger partial charge in [0.2, 0.25) is 0 Å². The summed E-state index contributed by atoms with van der Waals surface area (Å²) in [6.45, 7) is 5.82. The Hall–Kier alpha value is -3.26. The first kappa shape index (κ1) is 24.4. The van der Waals surface area contributed by atoms with E-state index < -0.39 is 13.9 Å². The minimum Gasteiger partial charge on any atom is -0.380 e. The number of aryl methyl sites for hydroxylation is 3. The van der Waals surface area contributed by atoms with Crippen molar-refractivity contribution in [2.45, 2.75) is 26.9 Å². The fourth-order valence-electron chi connectivity index (χ4n) is 3.84. The fourth-order valence-corrected chi connectivity index (χ4v) is 5.16. The lowest BCUT2D eigenvalue weighted by Gasteiger charge is -2.14. The first-order chi connectivity index (χ1) is 15.9. The lowest BCUT2D eigenvalue weighted by molar-refractivity contribution is 0.0746. The second kappa shape index (κ2) is 11.6. The number of benzene rings is 4. The quantitative estimate of drug-likeness (QED) is 0.308. The van der Waals surface area contributed by atoms with Crippen molar-refractivity contribution in [2.24, 2.45) is 0 Å². The second-order valence-corrected chi connectivity index (χ2v) is 9.83. The molecule has 0 bridgehead atoms. The number of aliphatic hydroxyl groups is 1. The van der Waals surface area contributed by atoms with Crippen LogP contribution in [0.1, 0.15) is 38.7 Å². The van der Waals surface area contributed by atoms with Gasteiger partial charge in [0.25, 0.3) is 0 Å². The van der Waals surface area contributed by atoms with E-state index in [4.69, 9.17) is 0 Å². The predicted molar refractivity (Wildman–Crippen MR) is 138 cm³/mol. The Balaban J connectivity index is 0.000000194. The van der Waals surface area contributed by atoms with Gasteiger partial charge in [-0.2, -0.15) is 0 Å². The Morgan fingerprint density at radius 3 is 1.52 bits per heavy atom. The highest BCUT2D eigenvalue weighted by Gasteiger charge is 2.22. The molecule has 1 N–H and O–H groups in total. The summed E-state index contributed by atoms with van der Waals surface area (Å²) in [5, 5.41) is 12.1. The van der Waals surface area contributed by atoms with Crippen LogP contribution < -0.4 is 10.6 Å². The molecule has 1 atom stereocenters. The molecule has 0 aliphatic heterocycles. The van der Waals surface area contributed by atoms with E-state index >= 15 is 0 Å². The number of hydrogen-bond donors (Lipinski definition) is 1. The van der Waals surface area contributed by atoms with E-state index in [2.05, 4.69) is 0 Å². The molecule has 0 radical (unpaired) electrons. The smallest absolute Gasteiger partial charge is 0.196 e. The SMILES string of the molecule is Cc1cc(C)c(C(=O)C(O)c2ccccc2)c(C)c1.O=[PH](c1ccccc1)c1ccccc1. The summed E-state index contributed by atoms with van der Waals surface area (Å²) in [5.41, 5.74) is 4.21. The Labute approximate surface area is 196 Å². The molecular formula is C29H29O3P. The van der Waals surface area contributed by atoms with Crippen molar-refractivity contribution in [3.8, 4) is 0 Å². The van der Waals surface area contributed by atoms with Gasteiger partial charge in [0.1, 0.15) is 13.9 Å². The van der Waals surface area contributed by atoms with Crippen molar-refractivity contribution in [2.75, 3.05) is 0 Å². The molecule has 0 aliphatic rings. The molecule has 0 spiro atoms. The van der Waals surface area contributed by atoms with Gasteiger partial charge >= 0.3 is 0 Å². The standard InChI is InChI=1S/C17H18O2.C12H11OP/c1-11-9-12(2)15(13(3)10-11)17(19)16(18)14-7-5-4-6-8-14;13-14(11-7-3-1-4-8-11)12-9-5-2-6-10-12/h4-10,16,18H,1-3H3;1-10,14H. The van der Waals surface area contributed by atoms with Gasteiger partial charge in [0.05, 0.1) is 0 Å². The van der Waals surface area contributed by atoms with Crippen LogP contribution in [0.2, 0.25) is 0 Å². The second-order valence-electron chi connectivity index (χ2n) is 8.01. The first-order valence-corrected chi connectivity index (χ1v) is 12.3. The largest absolute Gasteiger partial charge is 0.380 e. The molecular weight excluding hydrogens is 427 g/mol. The molecule has 0 heterocycles. The zero-order valence-corrected chi connectivity index (χ0v) is 20.2. The van der Waals surface area contributed by atoms with Crippen LogP contribution in [-0.4, -0.2) is 10.9 Å². The summed E-state index contributed by atoms with van der Waals surface area (Å²) >= 11 is 0. The van der Waals surface area contributed by atoms with E-state index in [1.54, 1.807) is 12.1 Å². The molecule has 4 rings (SSSR count). The number of ketones is 1. The van der Waals surface area contributed by atoms with Crippen LogP contribution in [0.4, 0.5) is 0 Å². The number of carbonyl (C=O) groups is 1. The average Bonchev–Trinajstić information content (AvgIpc) is 2.84. The van der Waals surface area contributed by atoms with Crippen molar-refractivity contribution >= 4 is 24.2 Å². The van der Waals surface area contributed by atoms with Crippen LogP contribution in [0.3, 0.4) is 0 Å². The van der Waals surface area contributed by atoms with E-state index in [9.17, 15) is 14.5 Å². The lowest BCUT2D eigenvalue weighted by Crippen LogP contribution is -2.15. The third kappa shape index (κ3) is 6.38. The van der Waals surface area contributed by atoms with Crippen LogP contribution in [0, 0.1) is 20.8 Å². The van der Waals surface area contributed by atoms with Crippen LogP contribution in [-0.2, 0) is 4.57 Å². The van der Waals surface area contributed by atoms with Gasteiger partial charge in [-0.15, -0.1) is 0 Å². The molecule has 3 nitrogen and oxygen atoms in total. The van der Waals surface area contributed by atoms with E-state index in [-0.39, 0.29) is 5.78 Å². The van der Waals surface area contributed by atoms with Gasteiger partial charge in [0.15, 0.2) is 5.78 Å². The van der Waals surface area contributed by atoms with Crippen molar-refractivity contribution in [1.29, 1.82) is 0 Å². The number of hydrogen-bond acceptors (Lipinski definition) is 3. The lowest BCUT2D eigenvalue weighted by atomic mass is 9.92. The summed E-state index contributed by atoms with van der Waals surface area (Å²) in [6, 6.07) is 32.2. The molecule has 0 aliphatic carbocycles. The fraction of sp³-hybridized carbons (Fsp3) is 0.138. The Bertz CT molecular complexity index is 1160. The summed E-state index contributed by atoms with van der Waals surface area (Å²) in [7, 11) is -1.79. The van der Waals surface area contributed by atoms with Crippen LogP contribution in [0.15, 0.2) is 103 Å². The zero-order valence-electron chi connectivity index (χ0n) is 19.2. The van der Waals surface area contributed by atoms with Crippen LogP contribution >= 0.6 is 7.80 Å². The van der Waals surface area contributed by atoms with E-state index in [1.807, 2.05) is 112 Å². The summed E-state index contributed by atoms with van der Waals surface area (Å²) in [6.07, 6.45) is -1.10. The number of carbonyl (C=O) groups excluding carboxylic acids is 1. The Morgan fingerprint density at radius 2 is 1.09 bits per heavy atom. The zero-order chi connectivity index (χ0) is 23.8. The van der Waals surface area contributed by atoms with E-state index in [0.717, 1.165) is 27.3 Å². The van der Waals surface area contributed by atoms with Crippen molar-refractivity contribution in [3.63, 3.8) is 0 Å². The van der Waals surface area contributed by atoms with Gasteiger partial charge in [-0.25, -0.2) is 0 Å². The Morgan fingerprint density at radius 1 is 0.697 bits per heavy atom. The number of rotatable bonds is 5. The molecule has 0 saturated heterocycles. The van der Waals surface area contributed by atoms with Gasteiger partial charge in [-0.3, -0.25) is 4.79 Å². The summed E-state index contributed by atoms with van der Waals surface area (Å²) < 4.78 is 12.0. The molecule has 1 unspecified atom stereocenters. The summed E-state index contributed by atoms with van der Waals surface area (Å²) in [5.74, 6) is -0.235. The maximum Gasteiger partial charge on any atom is 0.196 e. The van der Waals surface area contributed by atoms with Crippen molar-refractivity contribution in [1.82, 2.24) is 0 Å². The van der Waals surface area contributed by atoms with Gasteiger partial charge in [-0.05, 0) is 37.5 Å². The molecule has 0 amide bonds. The Kier molecular flexibility index (Phi) is 8.54. The van der Waals surface area contributed by atoms with Gasteiger partial charge in [0, 0.05) is 16.2 Å². The molecule has 4 aromatic rings. The minimum absolute atomic E-state index is 0.235. The van der Waals surface area contributed by atoms with Crippen LogP contribution in [0.5, 0.6) is 0 Å². The molecule has 4 aromatic carbocycles. The highest BCUT2D eigenvalue weighted by molar-refractivity contribution is 7.61. The molecule has 0 fully saturated rings. The predicted octanol–water partition coefficient (Wildman–Crippen LogP) is 5.73. The molecule has 33 heavy (non-hydrogen) atoms. The molecule has 0 aromatic heterocycles. The third-order valence-corrected chi connectivity index (χ3v) is 7.07. The molecule has 168 valence electrons. The molecule has 0 saturated carbocycles. The van der Waals surface area contributed by atoms with Crippen LogP contribution in [0.25, 0.3) is 0 Å². The number of aliphatic hydroxyl groups excluding tert-OH is 1. The van der Waals surface area contributed by atoms with E-state index in [0.29, 0.717) is 11.1 Å². The molecule has 4 heteroatoms. The maximum atomic E-state index is 12.4. The number of Topliss-reactive ketones (excluding diaryl/α,β-unsaturated/α-hetero) is 1. The monoisotopic (exact) mass is 456 g/mol. The highest BCUT2D eigenvalue weighted by atomic mass is 31.1. The average molecular weight is 457 g/mol. The maximum absolute atomic E-state index is 12.4. The summed E-state index contributed by atoms with van der Waals surface area (Å²) in [4.78, 5) is 12.4. The van der Waals surface area contributed by atoms with Crippen molar-refractivity contribution in [3.05, 3.63) is 131 Å². The normalized spacial score (nSPS) is 11.4. The first-order valence-electron chi connectivity index (χ1n) is 10.9. The van der Waals surface area contributed by atoms with Gasteiger partial charge < -0.3 is 9.67 Å². The highest BCUT2D eigenvalue weighted by Crippen LogP contribution is 2.24. The minimum atomic E-state index is -1.79. The van der Waals surface area contributed by atoms with E-state index in [1.165, 1.54) is 0 Å². The third-order valence-electron chi connectivity index (χ3n) is 5.36.